The van der Waals surface area contributed by atoms with E-state index in [1.807, 2.05) is 0 Å². The minimum absolute atomic E-state index is 0.0747. The Kier molecular flexibility index (Phi) is 4.30. The van der Waals surface area contributed by atoms with Crippen molar-refractivity contribution in [1.82, 2.24) is 5.32 Å². The van der Waals surface area contributed by atoms with E-state index in [9.17, 15) is 17.6 Å². The van der Waals surface area contributed by atoms with Crippen molar-refractivity contribution in [3.8, 4) is 0 Å². The van der Waals surface area contributed by atoms with Gasteiger partial charge in [-0.05, 0) is 30.8 Å². The zero-order valence-electron chi connectivity index (χ0n) is 10.4. The van der Waals surface area contributed by atoms with Gasteiger partial charge in [-0.3, -0.25) is 0 Å². The van der Waals surface area contributed by atoms with E-state index in [2.05, 4.69) is 5.32 Å². The second kappa shape index (κ2) is 5.81. The molecule has 106 valence electrons. The fourth-order valence-corrected chi connectivity index (χ4v) is 2.07. The van der Waals surface area contributed by atoms with Crippen LogP contribution in [0.4, 0.5) is 17.6 Å². The molecule has 0 aliphatic heterocycles. The quantitative estimate of drug-likeness (QED) is 0.662. The van der Waals surface area contributed by atoms with Gasteiger partial charge in [-0.15, -0.1) is 0 Å². The Morgan fingerprint density at radius 1 is 0.950 bits per heavy atom. The van der Waals surface area contributed by atoms with Gasteiger partial charge in [0.05, 0.1) is 11.1 Å². The number of benzene rings is 2. The third kappa shape index (κ3) is 2.64. The molecule has 1 unspecified atom stereocenters. The van der Waals surface area contributed by atoms with Gasteiger partial charge in [-0.2, -0.15) is 0 Å². The van der Waals surface area contributed by atoms with E-state index in [-0.39, 0.29) is 10.6 Å². The predicted octanol–water partition coefficient (Wildman–Crippen LogP) is 4.21. The van der Waals surface area contributed by atoms with Crippen LogP contribution in [0.5, 0.6) is 0 Å². The van der Waals surface area contributed by atoms with Crippen molar-refractivity contribution < 1.29 is 17.6 Å². The summed E-state index contributed by atoms with van der Waals surface area (Å²) in [6.07, 6.45) is 0. The van der Waals surface area contributed by atoms with Gasteiger partial charge in [0.1, 0.15) is 5.82 Å². The van der Waals surface area contributed by atoms with Crippen LogP contribution < -0.4 is 5.32 Å². The molecule has 1 nitrogen and oxygen atoms in total. The molecule has 0 radical (unpaired) electrons. The van der Waals surface area contributed by atoms with Gasteiger partial charge in [0.2, 0.25) is 0 Å². The van der Waals surface area contributed by atoms with Crippen LogP contribution in [0.15, 0.2) is 30.3 Å². The highest BCUT2D eigenvalue weighted by Gasteiger charge is 2.21. The van der Waals surface area contributed by atoms with Crippen molar-refractivity contribution >= 4 is 11.6 Å². The Balaban J connectivity index is 2.52. The first-order valence-corrected chi connectivity index (χ1v) is 6.09. The van der Waals surface area contributed by atoms with Crippen molar-refractivity contribution in [1.29, 1.82) is 0 Å². The SMILES string of the molecule is CNC(c1ccc(Cl)c(F)c1)c1ccc(F)c(F)c1F. The molecule has 2 rings (SSSR count). The second-order valence-corrected chi connectivity index (χ2v) is 4.57. The van der Waals surface area contributed by atoms with Gasteiger partial charge in [0.15, 0.2) is 17.5 Å². The minimum Gasteiger partial charge on any atom is -0.309 e. The molecule has 1 N–H and O–H groups in total. The third-order valence-electron chi connectivity index (χ3n) is 2.94. The van der Waals surface area contributed by atoms with Crippen molar-refractivity contribution in [2.75, 3.05) is 7.05 Å². The Morgan fingerprint density at radius 3 is 2.25 bits per heavy atom. The molecule has 0 heterocycles. The molecule has 1 atom stereocenters. The van der Waals surface area contributed by atoms with Crippen molar-refractivity contribution in [3.05, 3.63) is 69.8 Å². The lowest BCUT2D eigenvalue weighted by Gasteiger charge is -2.18. The summed E-state index contributed by atoms with van der Waals surface area (Å²) in [6, 6.07) is 5.02. The molecule has 6 heteroatoms. The monoisotopic (exact) mass is 303 g/mol. The van der Waals surface area contributed by atoms with E-state index in [4.69, 9.17) is 11.6 Å². The van der Waals surface area contributed by atoms with Crippen LogP contribution in [0.3, 0.4) is 0 Å². The maximum absolute atomic E-state index is 13.8. The van der Waals surface area contributed by atoms with Gasteiger partial charge in [-0.1, -0.05) is 23.7 Å². The summed E-state index contributed by atoms with van der Waals surface area (Å²) in [7, 11) is 1.50. The predicted molar refractivity (Wildman–Crippen MR) is 68.6 cm³/mol. The van der Waals surface area contributed by atoms with Gasteiger partial charge < -0.3 is 5.32 Å². The minimum atomic E-state index is -1.56. The zero-order chi connectivity index (χ0) is 14.9. The molecular formula is C14H10ClF4N. The molecule has 2 aromatic rings. The number of rotatable bonds is 3. The number of hydrogen-bond acceptors (Lipinski definition) is 1. The average Bonchev–Trinajstić information content (AvgIpc) is 2.43. The van der Waals surface area contributed by atoms with Crippen LogP contribution in [-0.4, -0.2) is 7.05 Å². The molecule has 0 saturated carbocycles. The molecule has 0 bridgehead atoms. The molecule has 2 aromatic carbocycles. The van der Waals surface area contributed by atoms with E-state index in [1.54, 1.807) is 0 Å². The smallest absolute Gasteiger partial charge is 0.194 e. The Labute approximate surface area is 118 Å². The topological polar surface area (TPSA) is 12.0 Å². The zero-order valence-corrected chi connectivity index (χ0v) is 11.1. The van der Waals surface area contributed by atoms with Gasteiger partial charge >= 0.3 is 0 Å². The van der Waals surface area contributed by atoms with Crippen LogP contribution in [0.2, 0.25) is 5.02 Å². The summed E-state index contributed by atoms with van der Waals surface area (Å²) in [5, 5.41) is 2.66. The Hall–Kier alpha value is -1.59. The van der Waals surface area contributed by atoms with E-state index in [1.165, 1.54) is 19.2 Å². The largest absolute Gasteiger partial charge is 0.309 e. The molecular weight excluding hydrogens is 294 g/mol. The van der Waals surface area contributed by atoms with Crippen LogP contribution in [0.25, 0.3) is 0 Å². The van der Waals surface area contributed by atoms with Crippen molar-refractivity contribution in [3.63, 3.8) is 0 Å². The van der Waals surface area contributed by atoms with E-state index in [0.717, 1.165) is 18.2 Å². The van der Waals surface area contributed by atoms with E-state index >= 15 is 0 Å². The van der Waals surface area contributed by atoms with Crippen molar-refractivity contribution in [2.24, 2.45) is 0 Å². The molecule has 0 aromatic heterocycles. The highest BCUT2D eigenvalue weighted by Crippen LogP contribution is 2.28. The van der Waals surface area contributed by atoms with E-state index < -0.39 is 29.3 Å². The fourth-order valence-electron chi connectivity index (χ4n) is 1.96. The number of halogens is 5. The Morgan fingerprint density at radius 2 is 1.65 bits per heavy atom. The first-order chi connectivity index (χ1) is 9.45. The normalized spacial score (nSPS) is 12.5. The van der Waals surface area contributed by atoms with E-state index in [0.29, 0.717) is 5.56 Å². The number of nitrogens with one attached hydrogen (secondary N) is 1. The molecule has 0 fully saturated rings. The summed E-state index contributed by atoms with van der Waals surface area (Å²) in [5.74, 6) is -4.81. The lowest BCUT2D eigenvalue weighted by molar-refractivity contribution is 0.435. The van der Waals surface area contributed by atoms with Crippen LogP contribution >= 0.6 is 11.6 Å². The summed E-state index contributed by atoms with van der Waals surface area (Å²) in [6.45, 7) is 0. The van der Waals surface area contributed by atoms with Crippen LogP contribution in [0, 0.1) is 23.3 Å². The van der Waals surface area contributed by atoms with Crippen molar-refractivity contribution in [2.45, 2.75) is 6.04 Å². The maximum atomic E-state index is 13.8. The lowest BCUT2D eigenvalue weighted by Crippen LogP contribution is -2.20. The van der Waals surface area contributed by atoms with Gasteiger partial charge in [0, 0.05) is 5.56 Å². The molecule has 0 aliphatic rings. The van der Waals surface area contributed by atoms with Crippen LogP contribution in [-0.2, 0) is 0 Å². The average molecular weight is 304 g/mol. The molecule has 0 saturated heterocycles. The first-order valence-electron chi connectivity index (χ1n) is 5.71. The molecule has 20 heavy (non-hydrogen) atoms. The summed E-state index contributed by atoms with van der Waals surface area (Å²) < 4.78 is 53.4. The highest BCUT2D eigenvalue weighted by molar-refractivity contribution is 6.30. The fraction of sp³-hybridized carbons (Fsp3) is 0.143. The summed E-state index contributed by atoms with van der Waals surface area (Å²) in [4.78, 5) is 0. The number of hydrogen-bond donors (Lipinski definition) is 1. The summed E-state index contributed by atoms with van der Waals surface area (Å²) in [5.41, 5.74) is 0.229. The lowest BCUT2D eigenvalue weighted by atomic mass is 9.98. The summed E-state index contributed by atoms with van der Waals surface area (Å²) >= 11 is 5.57. The van der Waals surface area contributed by atoms with Gasteiger partial charge in [0.25, 0.3) is 0 Å². The molecule has 0 spiro atoms. The maximum Gasteiger partial charge on any atom is 0.194 e. The van der Waals surface area contributed by atoms with Gasteiger partial charge in [-0.25, -0.2) is 17.6 Å². The third-order valence-corrected chi connectivity index (χ3v) is 3.25. The Bertz CT molecular complexity index is 645. The second-order valence-electron chi connectivity index (χ2n) is 4.16. The first kappa shape index (κ1) is 14.8. The molecule has 0 amide bonds. The van der Waals surface area contributed by atoms with Crippen LogP contribution in [0.1, 0.15) is 17.2 Å². The standard InChI is InChI=1S/C14H10ClF4N/c1-20-14(7-2-4-9(15)11(17)6-7)8-3-5-10(16)13(19)12(8)18/h2-6,14,20H,1H3. The highest BCUT2D eigenvalue weighted by atomic mass is 35.5. The molecule has 0 aliphatic carbocycles.